The van der Waals surface area contributed by atoms with Crippen LogP contribution >= 0.6 is 15.9 Å². The van der Waals surface area contributed by atoms with Gasteiger partial charge in [-0.3, -0.25) is 4.90 Å². The van der Waals surface area contributed by atoms with Crippen LogP contribution in [-0.2, 0) is 11.3 Å². The van der Waals surface area contributed by atoms with Crippen LogP contribution in [0, 0.1) is 16.7 Å². The summed E-state index contributed by atoms with van der Waals surface area (Å²) in [6.45, 7) is 5.09. The Morgan fingerprint density at radius 1 is 1.42 bits per heavy atom. The second kappa shape index (κ2) is 5.24. The zero-order valence-corrected chi connectivity index (χ0v) is 12.4. The van der Waals surface area contributed by atoms with Crippen molar-refractivity contribution in [2.45, 2.75) is 19.4 Å². The molecule has 0 amide bonds. The topological polar surface area (TPSA) is 36.3 Å². The van der Waals surface area contributed by atoms with Crippen LogP contribution in [0.3, 0.4) is 0 Å². The molecule has 3 rings (SSSR count). The normalized spacial score (nSPS) is 26.9. The smallest absolute Gasteiger partial charge is 0.0992 e. The van der Waals surface area contributed by atoms with E-state index < -0.39 is 0 Å². The fourth-order valence-corrected chi connectivity index (χ4v) is 3.62. The van der Waals surface area contributed by atoms with Crippen molar-refractivity contribution in [3.05, 3.63) is 33.8 Å². The van der Waals surface area contributed by atoms with Gasteiger partial charge in [0.05, 0.1) is 18.2 Å². The van der Waals surface area contributed by atoms with E-state index in [-0.39, 0.29) is 0 Å². The summed E-state index contributed by atoms with van der Waals surface area (Å²) < 4.78 is 6.60. The summed E-state index contributed by atoms with van der Waals surface area (Å²) in [5.41, 5.74) is 2.38. The quantitative estimate of drug-likeness (QED) is 0.840. The molecule has 100 valence electrons. The van der Waals surface area contributed by atoms with E-state index in [2.05, 4.69) is 33.0 Å². The fraction of sp³-hybridized carbons (Fsp3) is 0.533. The summed E-state index contributed by atoms with van der Waals surface area (Å²) in [5, 5.41) is 8.88. The van der Waals surface area contributed by atoms with Crippen LogP contribution in [0.25, 0.3) is 0 Å². The number of hydrogen-bond acceptors (Lipinski definition) is 3. The molecule has 0 aromatic heterocycles. The molecule has 2 saturated heterocycles. The molecular formula is C15H17BrN2O. The molecule has 1 aromatic carbocycles. The van der Waals surface area contributed by atoms with Gasteiger partial charge in [0.2, 0.25) is 0 Å². The van der Waals surface area contributed by atoms with Crippen LogP contribution in [0.2, 0.25) is 0 Å². The minimum absolute atomic E-state index is 0.416. The maximum absolute atomic E-state index is 8.88. The molecule has 0 saturated carbocycles. The first-order chi connectivity index (χ1) is 9.21. The molecular weight excluding hydrogens is 304 g/mol. The summed E-state index contributed by atoms with van der Waals surface area (Å²) >= 11 is 3.57. The van der Waals surface area contributed by atoms with E-state index >= 15 is 0 Å². The Bertz CT molecular complexity index is 517. The van der Waals surface area contributed by atoms with Gasteiger partial charge in [-0.25, -0.2) is 0 Å². The van der Waals surface area contributed by atoms with Gasteiger partial charge in [0.25, 0.3) is 0 Å². The van der Waals surface area contributed by atoms with Gasteiger partial charge in [0.15, 0.2) is 0 Å². The minimum Gasteiger partial charge on any atom is -0.381 e. The highest BCUT2D eigenvalue weighted by molar-refractivity contribution is 9.10. The lowest BCUT2D eigenvalue weighted by molar-refractivity contribution is 0.151. The SMILES string of the molecule is N#Cc1ccc(CN2CC[C@]3(CCOC3)C2)c(Br)c1. The Morgan fingerprint density at radius 3 is 3.00 bits per heavy atom. The lowest BCUT2D eigenvalue weighted by atomic mass is 9.87. The summed E-state index contributed by atoms with van der Waals surface area (Å²) in [6.07, 6.45) is 2.46. The summed E-state index contributed by atoms with van der Waals surface area (Å²) in [4.78, 5) is 2.50. The Morgan fingerprint density at radius 2 is 2.32 bits per heavy atom. The van der Waals surface area contributed by atoms with Gasteiger partial charge in [0, 0.05) is 29.6 Å². The lowest BCUT2D eigenvalue weighted by Gasteiger charge is -2.22. The van der Waals surface area contributed by atoms with Crippen LogP contribution in [0.5, 0.6) is 0 Å². The molecule has 0 radical (unpaired) electrons. The van der Waals surface area contributed by atoms with Crippen molar-refractivity contribution in [2.24, 2.45) is 5.41 Å². The van der Waals surface area contributed by atoms with Gasteiger partial charge in [-0.15, -0.1) is 0 Å². The van der Waals surface area contributed by atoms with Gasteiger partial charge >= 0.3 is 0 Å². The molecule has 1 spiro atoms. The first-order valence-corrected chi connectivity index (χ1v) is 7.49. The molecule has 0 bridgehead atoms. The van der Waals surface area contributed by atoms with Gasteiger partial charge in [-0.2, -0.15) is 5.26 Å². The second-order valence-corrected chi connectivity index (χ2v) is 6.54. The van der Waals surface area contributed by atoms with Gasteiger partial charge in [0.1, 0.15) is 0 Å². The van der Waals surface area contributed by atoms with Crippen molar-refractivity contribution in [3.63, 3.8) is 0 Å². The van der Waals surface area contributed by atoms with Crippen molar-refractivity contribution in [3.8, 4) is 6.07 Å². The zero-order chi connectivity index (χ0) is 13.3. The first kappa shape index (κ1) is 13.1. The number of nitriles is 1. The summed E-state index contributed by atoms with van der Waals surface area (Å²) in [5.74, 6) is 0. The Hall–Kier alpha value is -0.890. The highest BCUT2D eigenvalue weighted by Gasteiger charge is 2.41. The number of hydrogen-bond donors (Lipinski definition) is 0. The Balaban J connectivity index is 1.68. The summed E-state index contributed by atoms with van der Waals surface area (Å²) in [7, 11) is 0. The second-order valence-electron chi connectivity index (χ2n) is 5.68. The number of nitrogens with zero attached hydrogens (tertiary/aromatic N) is 2. The van der Waals surface area contributed by atoms with Gasteiger partial charge < -0.3 is 4.74 Å². The van der Waals surface area contributed by atoms with Crippen molar-refractivity contribution in [1.29, 1.82) is 5.26 Å². The number of rotatable bonds is 2. The van der Waals surface area contributed by atoms with Crippen molar-refractivity contribution in [2.75, 3.05) is 26.3 Å². The first-order valence-electron chi connectivity index (χ1n) is 6.69. The molecule has 1 aromatic rings. The third kappa shape index (κ3) is 2.69. The van der Waals surface area contributed by atoms with E-state index in [9.17, 15) is 0 Å². The predicted octanol–water partition coefficient (Wildman–Crippen LogP) is 2.93. The van der Waals surface area contributed by atoms with Crippen LogP contribution in [0.4, 0.5) is 0 Å². The molecule has 4 heteroatoms. The molecule has 2 aliphatic rings. The van der Waals surface area contributed by atoms with E-state index in [0.717, 1.165) is 37.3 Å². The fourth-order valence-electron chi connectivity index (χ4n) is 3.12. The standard InChI is InChI=1S/C15H17BrN2O/c16-14-7-12(8-17)1-2-13(14)9-18-5-3-15(10-18)4-6-19-11-15/h1-2,7H,3-6,9-11H2/t15-/m0/s1. The molecule has 2 fully saturated rings. The molecule has 2 aliphatic heterocycles. The molecule has 2 heterocycles. The maximum atomic E-state index is 8.88. The van der Waals surface area contributed by atoms with E-state index in [0.29, 0.717) is 11.0 Å². The number of benzene rings is 1. The Kier molecular flexibility index (Phi) is 3.62. The molecule has 0 aliphatic carbocycles. The van der Waals surface area contributed by atoms with Crippen molar-refractivity contribution in [1.82, 2.24) is 4.90 Å². The van der Waals surface area contributed by atoms with Gasteiger partial charge in [-0.1, -0.05) is 22.0 Å². The third-order valence-corrected chi connectivity index (χ3v) is 5.02. The molecule has 0 N–H and O–H groups in total. The highest BCUT2D eigenvalue weighted by atomic mass is 79.9. The third-order valence-electron chi connectivity index (χ3n) is 4.28. The molecule has 3 nitrogen and oxygen atoms in total. The average Bonchev–Trinajstić information content (AvgIpc) is 3.03. The van der Waals surface area contributed by atoms with Crippen molar-refractivity contribution >= 4 is 15.9 Å². The van der Waals surface area contributed by atoms with E-state index in [1.165, 1.54) is 18.4 Å². The maximum Gasteiger partial charge on any atom is 0.0992 e. The highest BCUT2D eigenvalue weighted by Crippen LogP contribution is 2.38. The van der Waals surface area contributed by atoms with Crippen LogP contribution in [0.15, 0.2) is 22.7 Å². The molecule has 19 heavy (non-hydrogen) atoms. The summed E-state index contributed by atoms with van der Waals surface area (Å²) in [6, 6.07) is 8.02. The van der Waals surface area contributed by atoms with E-state index in [1.807, 2.05) is 12.1 Å². The number of ether oxygens (including phenoxy) is 1. The van der Waals surface area contributed by atoms with Crippen LogP contribution < -0.4 is 0 Å². The van der Waals surface area contributed by atoms with Crippen LogP contribution in [0.1, 0.15) is 24.0 Å². The molecule has 1 atom stereocenters. The Labute approximate surface area is 122 Å². The predicted molar refractivity (Wildman–Crippen MR) is 76.6 cm³/mol. The zero-order valence-electron chi connectivity index (χ0n) is 10.9. The number of halogens is 1. The monoisotopic (exact) mass is 320 g/mol. The number of likely N-dealkylation sites (tertiary alicyclic amines) is 1. The molecule has 0 unspecified atom stereocenters. The minimum atomic E-state index is 0.416. The van der Waals surface area contributed by atoms with Gasteiger partial charge in [-0.05, 0) is 37.1 Å². The largest absolute Gasteiger partial charge is 0.381 e. The van der Waals surface area contributed by atoms with E-state index in [4.69, 9.17) is 10.00 Å². The average molecular weight is 321 g/mol. The lowest BCUT2D eigenvalue weighted by Crippen LogP contribution is -2.27. The van der Waals surface area contributed by atoms with Crippen LogP contribution in [-0.4, -0.2) is 31.2 Å². The van der Waals surface area contributed by atoms with Crippen molar-refractivity contribution < 1.29 is 4.74 Å². The van der Waals surface area contributed by atoms with E-state index in [1.54, 1.807) is 0 Å².